The summed E-state index contributed by atoms with van der Waals surface area (Å²) < 4.78 is 0. The predicted octanol–water partition coefficient (Wildman–Crippen LogP) is 4.46. The molecule has 0 aliphatic rings. The van der Waals surface area contributed by atoms with Crippen LogP contribution in [-0.2, 0) is 6.54 Å². The SMILES string of the molecule is CCN(c1c(Cl)cccc1CNC(C)(C)C)C(C)C. The molecule has 0 saturated carbocycles. The molecule has 0 amide bonds. The number of halogens is 1. The molecule has 108 valence electrons. The quantitative estimate of drug-likeness (QED) is 0.858. The van der Waals surface area contributed by atoms with Crippen LogP contribution in [-0.4, -0.2) is 18.1 Å². The van der Waals surface area contributed by atoms with Crippen LogP contribution < -0.4 is 10.2 Å². The van der Waals surface area contributed by atoms with Crippen molar-refractivity contribution in [3.05, 3.63) is 28.8 Å². The second-order valence-corrected chi connectivity index (χ2v) is 6.64. The van der Waals surface area contributed by atoms with Crippen molar-refractivity contribution in [3.63, 3.8) is 0 Å². The van der Waals surface area contributed by atoms with E-state index in [0.29, 0.717) is 6.04 Å². The summed E-state index contributed by atoms with van der Waals surface area (Å²) in [6.07, 6.45) is 0. The number of hydrogen-bond donors (Lipinski definition) is 1. The lowest BCUT2D eigenvalue weighted by atomic mass is 10.1. The number of nitrogens with zero attached hydrogens (tertiary/aromatic N) is 1. The summed E-state index contributed by atoms with van der Waals surface area (Å²) >= 11 is 6.43. The van der Waals surface area contributed by atoms with Crippen molar-refractivity contribution in [1.29, 1.82) is 0 Å². The van der Waals surface area contributed by atoms with Crippen LogP contribution in [0.2, 0.25) is 5.02 Å². The van der Waals surface area contributed by atoms with Crippen molar-refractivity contribution in [1.82, 2.24) is 5.32 Å². The van der Waals surface area contributed by atoms with Crippen LogP contribution >= 0.6 is 11.6 Å². The van der Waals surface area contributed by atoms with E-state index in [1.165, 1.54) is 11.3 Å². The highest BCUT2D eigenvalue weighted by atomic mass is 35.5. The van der Waals surface area contributed by atoms with Gasteiger partial charge < -0.3 is 10.2 Å². The van der Waals surface area contributed by atoms with Gasteiger partial charge >= 0.3 is 0 Å². The smallest absolute Gasteiger partial charge is 0.0643 e. The zero-order valence-corrected chi connectivity index (χ0v) is 13.8. The van der Waals surface area contributed by atoms with Gasteiger partial charge in [-0.2, -0.15) is 0 Å². The first kappa shape index (κ1) is 16.3. The van der Waals surface area contributed by atoms with Crippen molar-refractivity contribution in [2.75, 3.05) is 11.4 Å². The average Bonchev–Trinajstić information content (AvgIpc) is 2.28. The van der Waals surface area contributed by atoms with Gasteiger partial charge in [-0.3, -0.25) is 0 Å². The van der Waals surface area contributed by atoms with Crippen molar-refractivity contribution in [3.8, 4) is 0 Å². The van der Waals surface area contributed by atoms with E-state index >= 15 is 0 Å². The second-order valence-electron chi connectivity index (χ2n) is 6.23. The van der Waals surface area contributed by atoms with Gasteiger partial charge in [-0.1, -0.05) is 23.7 Å². The van der Waals surface area contributed by atoms with E-state index in [-0.39, 0.29) is 5.54 Å². The van der Waals surface area contributed by atoms with Crippen LogP contribution in [0.25, 0.3) is 0 Å². The minimum absolute atomic E-state index is 0.106. The first-order chi connectivity index (χ1) is 8.76. The molecule has 0 aliphatic heterocycles. The molecule has 0 unspecified atom stereocenters. The summed E-state index contributed by atoms with van der Waals surface area (Å²) in [5.74, 6) is 0. The van der Waals surface area contributed by atoms with Crippen LogP contribution in [0.3, 0.4) is 0 Å². The van der Waals surface area contributed by atoms with Gasteiger partial charge in [-0.25, -0.2) is 0 Å². The summed E-state index contributed by atoms with van der Waals surface area (Å²) in [6.45, 7) is 14.9. The van der Waals surface area contributed by atoms with Gasteiger partial charge in [0.05, 0.1) is 10.7 Å². The minimum atomic E-state index is 0.106. The fourth-order valence-electron chi connectivity index (χ4n) is 2.17. The number of nitrogens with one attached hydrogen (secondary N) is 1. The summed E-state index contributed by atoms with van der Waals surface area (Å²) in [5, 5.41) is 4.38. The van der Waals surface area contributed by atoms with Gasteiger partial charge in [0, 0.05) is 24.7 Å². The third-order valence-electron chi connectivity index (χ3n) is 3.13. The maximum atomic E-state index is 6.43. The Labute approximate surface area is 123 Å². The maximum Gasteiger partial charge on any atom is 0.0643 e. The summed E-state index contributed by atoms with van der Waals surface area (Å²) in [4.78, 5) is 2.35. The molecule has 3 heteroatoms. The molecule has 2 nitrogen and oxygen atoms in total. The Hall–Kier alpha value is -0.730. The number of rotatable bonds is 5. The molecule has 0 aromatic heterocycles. The molecule has 0 heterocycles. The molecule has 1 aromatic rings. The molecule has 0 spiro atoms. The fraction of sp³-hybridized carbons (Fsp3) is 0.625. The Morgan fingerprint density at radius 1 is 1.26 bits per heavy atom. The minimum Gasteiger partial charge on any atom is -0.368 e. The van der Waals surface area contributed by atoms with E-state index in [2.05, 4.69) is 57.8 Å². The average molecular weight is 283 g/mol. The van der Waals surface area contributed by atoms with E-state index in [1.54, 1.807) is 0 Å². The molecule has 19 heavy (non-hydrogen) atoms. The van der Waals surface area contributed by atoms with Crippen molar-refractivity contribution in [2.24, 2.45) is 0 Å². The number of hydrogen-bond acceptors (Lipinski definition) is 2. The number of para-hydroxylation sites is 1. The van der Waals surface area contributed by atoms with Crippen LogP contribution in [0, 0.1) is 0 Å². The van der Waals surface area contributed by atoms with Crippen molar-refractivity contribution < 1.29 is 0 Å². The standard InChI is InChI=1S/C16H27ClN2/c1-7-19(12(2)3)15-13(9-8-10-14(15)17)11-18-16(4,5)6/h8-10,12,18H,7,11H2,1-6H3. The first-order valence-electron chi connectivity index (χ1n) is 7.05. The van der Waals surface area contributed by atoms with Crippen molar-refractivity contribution >= 4 is 17.3 Å². The predicted molar refractivity (Wildman–Crippen MR) is 86.2 cm³/mol. The second kappa shape index (κ2) is 6.62. The van der Waals surface area contributed by atoms with Crippen LogP contribution in [0.4, 0.5) is 5.69 Å². The molecule has 0 aliphatic carbocycles. The largest absolute Gasteiger partial charge is 0.368 e. The molecule has 1 N–H and O–H groups in total. The molecular formula is C16H27ClN2. The van der Waals surface area contributed by atoms with E-state index in [9.17, 15) is 0 Å². The molecule has 0 saturated heterocycles. The Kier molecular flexibility index (Phi) is 5.69. The van der Waals surface area contributed by atoms with Crippen LogP contribution in [0.5, 0.6) is 0 Å². The summed E-state index contributed by atoms with van der Waals surface area (Å²) in [6, 6.07) is 6.60. The molecule has 0 radical (unpaired) electrons. The van der Waals surface area contributed by atoms with E-state index in [1.807, 2.05) is 12.1 Å². The van der Waals surface area contributed by atoms with Crippen LogP contribution in [0.1, 0.15) is 47.1 Å². The highest BCUT2D eigenvalue weighted by Gasteiger charge is 2.17. The van der Waals surface area contributed by atoms with Gasteiger partial charge in [-0.15, -0.1) is 0 Å². The van der Waals surface area contributed by atoms with Gasteiger partial charge in [0.15, 0.2) is 0 Å². The first-order valence-corrected chi connectivity index (χ1v) is 7.43. The third kappa shape index (κ3) is 4.70. The molecule has 1 rings (SSSR count). The monoisotopic (exact) mass is 282 g/mol. The summed E-state index contributed by atoms with van der Waals surface area (Å²) in [5.41, 5.74) is 2.53. The zero-order chi connectivity index (χ0) is 14.6. The van der Waals surface area contributed by atoms with Crippen molar-refractivity contribution in [2.45, 2.75) is 59.7 Å². The highest BCUT2D eigenvalue weighted by Crippen LogP contribution is 2.31. The van der Waals surface area contributed by atoms with Gasteiger partial charge in [-0.05, 0) is 53.2 Å². The Morgan fingerprint density at radius 3 is 2.37 bits per heavy atom. The lowest BCUT2D eigenvalue weighted by Crippen LogP contribution is -2.36. The maximum absolute atomic E-state index is 6.43. The number of benzene rings is 1. The van der Waals surface area contributed by atoms with E-state index < -0.39 is 0 Å². The zero-order valence-electron chi connectivity index (χ0n) is 13.0. The van der Waals surface area contributed by atoms with Gasteiger partial charge in [0.1, 0.15) is 0 Å². The Balaban J connectivity index is 3.07. The molecule has 1 aromatic carbocycles. The molecule has 0 atom stereocenters. The fourth-order valence-corrected chi connectivity index (χ4v) is 2.47. The lowest BCUT2D eigenvalue weighted by Gasteiger charge is -2.31. The summed E-state index contributed by atoms with van der Waals surface area (Å²) in [7, 11) is 0. The van der Waals surface area contributed by atoms with Gasteiger partial charge in [0.25, 0.3) is 0 Å². The highest BCUT2D eigenvalue weighted by molar-refractivity contribution is 6.33. The number of anilines is 1. The Bertz CT molecular complexity index is 408. The van der Waals surface area contributed by atoms with E-state index in [4.69, 9.17) is 11.6 Å². The molecule has 0 bridgehead atoms. The van der Waals surface area contributed by atoms with Crippen LogP contribution in [0.15, 0.2) is 18.2 Å². The molecular weight excluding hydrogens is 256 g/mol. The van der Waals surface area contributed by atoms with Gasteiger partial charge in [0.2, 0.25) is 0 Å². The Morgan fingerprint density at radius 2 is 1.89 bits per heavy atom. The third-order valence-corrected chi connectivity index (χ3v) is 3.44. The van der Waals surface area contributed by atoms with E-state index in [0.717, 1.165) is 18.1 Å². The normalized spacial score (nSPS) is 12.0. The lowest BCUT2D eigenvalue weighted by molar-refractivity contribution is 0.424. The topological polar surface area (TPSA) is 15.3 Å². The molecule has 0 fully saturated rings.